The number of hydrogen-bond acceptors (Lipinski definition) is 2. The van der Waals surface area contributed by atoms with Gasteiger partial charge in [0.05, 0.1) is 11.4 Å². The molecule has 3 aromatic carbocycles. The van der Waals surface area contributed by atoms with Crippen LogP contribution < -0.4 is 0 Å². The molecule has 0 aliphatic carbocycles. The Bertz CT molecular complexity index is 1160. The Morgan fingerprint density at radius 3 is 2.19 bits per heavy atom. The number of benzene rings is 3. The Morgan fingerprint density at radius 2 is 1.50 bits per heavy atom. The van der Waals surface area contributed by atoms with Crippen LogP contribution in [0.5, 0.6) is 0 Å². The van der Waals surface area contributed by atoms with Gasteiger partial charge in [0.1, 0.15) is 0 Å². The van der Waals surface area contributed by atoms with Crippen LogP contribution in [0.25, 0.3) is 22.5 Å². The molecule has 5 rings (SSSR count). The molecule has 0 radical (unpaired) electrons. The fourth-order valence-corrected chi connectivity index (χ4v) is 4.49. The molecule has 32 heavy (non-hydrogen) atoms. The molecule has 160 valence electrons. The van der Waals surface area contributed by atoms with E-state index in [2.05, 4.69) is 40.5 Å². The maximum absolute atomic E-state index is 13.0. The van der Waals surface area contributed by atoms with Gasteiger partial charge >= 0.3 is 0 Å². The largest absolute Gasteiger partial charge is 0.339 e. The van der Waals surface area contributed by atoms with Crippen LogP contribution in [0.1, 0.15) is 28.8 Å². The maximum atomic E-state index is 13.0. The highest BCUT2D eigenvalue weighted by atomic mass is 16.2. The van der Waals surface area contributed by atoms with Crippen LogP contribution in [0.4, 0.5) is 0 Å². The molecule has 1 amide bonds. The molecule has 4 aromatic rings. The van der Waals surface area contributed by atoms with E-state index in [0.717, 1.165) is 60.4 Å². The molecule has 0 unspecified atom stereocenters. The zero-order valence-electron chi connectivity index (χ0n) is 18.1. The Balaban J connectivity index is 1.20. The van der Waals surface area contributed by atoms with Crippen molar-refractivity contribution in [3.8, 4) is 22.5 Å². The molecule has 0 saturated carbocycles. The highest BCUT2D eigenvalue weighted by molar-refractivity contribution is 5.94. The van der Waals surface area contributed by atoms with Crippen molar-refractivity contribution in [2.24, 2.45) is 5.92 Å². The summed E-state index contributed by atoms with van der Waals surface area (Å²) >= 11 is 0. The van der Waals surface area contributed by atoms with Crippen molar-refractivity contribution < 1.29 is 4.79 Å². The van der Waals surface area contributed by atoms with E-state index in [1.165, 1.54) is 5.56 Å². The first-order valence-electron chi connectivity index (χ1n) is 11.3. The molecule has 1 aliphatic heterocycles. The van der Waals surface area contributed by atoms with Crippen molar-refractivity contribution in [1.29, 1.82) is 0 Å². The van der Waals surface area contributed by atoms with Crippen LogP contribution in [-0.4, -0.2) is 34.1 Å². The number of carbonyl (C=O) groups is 1. The van der Waals surface area contributed by atoms with Gasteiger partial charge in [-0.15, -0.1) is 0 Å². The first kappa shape index (κ1) is 20.3. The van der Waals surface area contributed by atoms with Crippen LogP contribution in [0, 0.1) is 5.92 Å². The minimum absolute atomic E-state index is 0.129. The average Bonchev–Trinajstić information content (AvgIpc) is 3.36. The molecule has 2 heterocycles. The van der Waals surface area contributed by atoms with E-state index in [0.29, 0.717) is 5.92 Å². The van der Waals surface area contributed by atoms with Crippen molar-refractivity contribution in [3.05, 3.63) is 102 Å². The van der Waals surface area contributed by atoms with Gasteiger partial charge in [0.15, 0.2) is 0 Å². The van der Waals surface area contributed by atoms with Gasteiger partial charge in [0.25, 0.3) is 5.91 Å². The summed E-state index contributed by atoms with van der Waals surface area (Å²) in [4.78, 5) is 15.0. The fourth-order valence-electron chi connectivity index (χ4n) is 4.49. The molecule has 0 atom stereocenters. The number of carbonyl (C=O) groups excluding carboxylic acids is 1. The van der Waals surface area contributed by atoms with Gasteiger partial charge in [0, 0.05) is 24.2 Å². The summed E-state index contributed by atoms with van der Waals surface area (Å²) in [6.45, 7) is 1.66. The fraction of sp³-hybridized carbons (Fsp3) is 0.214. The molecule has 1 fully saturated rings. The molecular formula is C28H27N3O. The Labute approximate surface area is 188 Å². The topological polar surface area (TPSA) is 49.0 Å². The third-order valence-electron chi connectivity index (χ3n) is 6.36. The van der Waals surface area contributed by atoms with E-state index < -0.39 is 0 Å². The van der Waals surface area contributed by atoms with Crippen molar-refractivity contribution in [2.45, 2.75) is 19.3 Å². The van der Waals surface area contributed by atoms with Crippen molar-refractivity contribution >= 4 is 5.91 Å². The smallest absolute Gasteiger partial charge is 0.253 e. The van der Waals surface area contributed by atoms with Gasteiger partial charge in [-0.05, 0) is 54.5 Å². The molecule has 4 nitrogen and oxygen atoms in total. The summed E-state index contributed by atoms with van der Waals surface area (Å²) in [7, 11) is 0. The molecular weight excluding hydrogens is 394 g/mol. The second-order valence-corrected chi connectivity index (χ2v) is 8.54. The first-order chi connectivity index (χ1) is 15.8. The summed E-state index contributed by atoms with van der Waals surface area (Å²) in [5.41, 5.74) is 6.11. The average molecular weight is 422 g/mol. The summed E-state index contributed by atoms with van der Waals surface area (Å²) < 4.78 is 0. The predicted molar refractivity (Wildman–Crippen MR) is 128 cm³/mol. The van der Waals surface area contributed by atoms with Gasteiger partial charge in [-0.2, -0.15) is 5.10 Å². The second kappa shape index (κ2) is 9.23. The number of rotatable bonds is 5. The Morgan fingerprint density at radius 1 is 0.844 bits per heavy atom. The predicted octanol–water partition coefficient (Wildman–Crippen LogP) is 5.84. The van der Waals surface area contributed by atoms with E-state index in [1.807, 2.05) is 65.6 Å². The third kappa shape index (κ3) is 4.50. The van der Waals surface area contributed by atoms with E-state index in [9.17, 15) is 4.79 Å². The van der Waals surface area contributed by atoms with Crippen LogP contribution in [0.15, 0.2) is 91.0 Å². The van der Waals surface area contributed by atoms with Crippen LogP contribution in [0.2, 0.25) is 0 Å². The lowest BCUT2D eigenvalue weighted by Gasteiger charge is -2.32. The van der Waals surface area contributed by atoms with E-state index in [1.54, 1.807) is 0 Å². The summed E-state index contributed by atoms with van der Waals surface area (Å²) in [6, 6.07) is 30.7. The second-order valence-electron chi connectivity index (χ2n) is 8.54. The molecule has 1 N–H and O–H groups in total. The monoisotopic (exact) mass is 421 g/mol. The Kier molecular flexibility index (Phi) is 5.84. The van der Waals surface area contributed by atoms with Crippen LogP contribution in [0.3, 0.4) is 0 Å². The zero-order valence-corrected chi connectivity index (χ0v) is 18.1. The molecule has 0 spiro atoms. The minimum Gasteiger partial charge on any atom is -0.339 e. The van der Waals surface area contributed by atoms with Gasteiger partial charge in [0.2, 0.25) is 0 Å². The lowest BCUT2D eigenvalue weighted by molar-refractivity contribution is 0.0690. The van der Waals surface area contributed by atoms with Gasteiger partial charge < -0.3 is 4.90 Å². The molecule has 0 bridgehead atoms. The SMILES string of the molecule is O=C(c1ccc(-c2cc(-c3ccccc3)n[nH]2)cc1)N1CCC(Cc2ccccc2)CC1. The Hall–Kier alpha value is -3.66. The molecule has 1 saturated heterocycles. The number of nitrogens with one attached hydrogen (secondary N) is 1. The minimum atomic E-state index is 0.129. The normalized spacial score (nSPS) is 14.4. The standard InChI is InChI=1S/C28H27N3O/c32-28(31-17-15-22(16-18-31)19-21-7-3-1-4-8-21)25-13-11-24(12-14-25)27-20-26(29-30-27)23-9-5-2-6-10-23/h1-14,20,22H,15-19H2,(H,29,30). The highest BCUT2D eigenvalue weighted by Crippen LogP contribution is 2.26. The van der Waals surface area contributed by atoms with E-state index in [4.69, 9.17) is 0 Å². The number of piperidine rings is 1. The number of hydrogen-bond donors (Lipinski definition) is 1. The molecule has 1 aromatic heterocycles. The summed E-state index contributed by atoms with van der Waals surface area (Å²) in [6.07, 6.45) is 3.23. The van der Waals surface area contributed by atoms with Gasteiger partial charge in [-0.3, -0.25) is 9.89 Å². The van der Waals surface area contributed by atoms with Crippen LogP contribution >= 0.6 is 0 Å². The van der Waals surface area contributed by atoms with Crippen molar-refractivity contribution in [2.75, 3.05) is 13.1 Å². The van der Waals surface area contributed by atoms with Gasteiger partial charge in [-0.25, -0.2) is 0 Å². The lowest BCUT2D eigenvalue weighted by Crippen LogP contribution is -2.38. The number of likely N-dealkylation sites (tertiary alicyclic amines) is 1. The molecule has 4 heteroatoms. The zero-order chi connectivity index (χ0) is 21.8. The van der Waals surface area contributed by atoms with Gasteiger partial charge in [-0.1, -0.05) is 72.8 Å². The number of nitrogens with zero attached hydrogens (tertiary/aromatic N) is 2. The van der Waals surface area contributed by atoms with E-state index in [-0.39, 0.29) is 5.91 Å². The van der Waals surface area contributed by atoms with Crippen molar-refractivity contribution in [1.82, 2.24) is 15.1 Å². The van der Waals surface area contributed by atoms with Crippen molar-refractivity contribution in [3.63, 3.8) is 0 Å². The highest BCUT2D eigenvalue weighted by Gasteiger charge is 2.23. The number of H-pyrrole nitrogens is 1. The van der Waals surface area contributed by atoms with E-state index >= 15 is 0 Å². The quantitative estimate of drug-likeness (QED) is 0.440. The number of aromatic nitrogens is 2. The lowest BCUT2D eigenvalue weighted by atomic mass is 9.90. The molecule has 1 aliphatic rings. The van der Waals surface area contributed by atoms with Crippen LogP contribution in [-0.2, 0) is 6.42 Å². The summed E-state index contributed by atoms with van der Waals surface area (Å²) in [5, 5.41) is 7.54. The number of aromatic amines is 1. The third-order valence-corrected chi connectivity index (χ3v) is 6.36. The number of amides is 1. The maximum Gasteiger partial charge on any atom is 0.253 e. The summed E-state index contributed by atoms with van der Waals surface area (Å²) in [5.74, 6) is 0.785. The first-order valence-corrected chi connectivity index (χ1v) is 11.3.